The van der Waals surface area contributed by atoms with Crippen LogP contribution in [0.3, 0.4) is 0 Å². The van der Waals surface area contributed by atoms with Gasteiger partial charge in [-0.3, -0.25) is 4.79 Å². The predicted octanol–water partition coefficient (Wildman–Crippen LogP) is 4.95. The van der Waals surface area contributed by atoms with Crippen LogP contribution in [0.25, 0.3) is 5.69 Å². The van der Waals surface area contributed by atoms with Crippen LogP contribution in [-0.4, -0.2) is 15.7 Å². The molecule has 27 heavy (non-hydrogen) atoms. The number of rotatable bonds is 6. The zero-order chi connectivity index (χ0) is 19.6. The molecule has 0 aliphatic heterocycles. The molecule has 0 radical (unpaired) electrons. The van der Waals surface area contributed by atoms with E-state index in [1.165, 1.54) is 0 Å². The van der Waals surface area contributed by atoms with Crippen LogP contribution < -0.4 is 5.32 Å². The third-order valence-electron chi connectivity index (χ3n) is 4.52. The molecule has 0 saturated heterocycles. The molecular formula is C22H27N3O2. The maximum absolute atomic E-state index is 13.1. The average Bonchev–Trinajstić information content (AvgIpc) is 3.27. The Morgan fingerprint density at radius 3 is 2.52 bits per heavy atom. The van der Waals surface area contributed by atoms with Crippen LogP contribution in [-0.2, 0) is 6.54 Å². The summed E-state index contributed by atoms with van der Waals surface area (Å²) in [4.78, 5) is 13.1. The Morgan fingerprint density at radius 1 is 1.15 bits per heavy atom. The Balaban J connectivity index is 2.06. The molecule has 5 nitrogen and oxygen atoms in total. The van der Waals surface area contributed by atoms with Gasteiger partial charge in [-0.15, -0.1) is 0 Å². The number of aryl methyl sites for hydroxylation is 1. The first-order valence-electron chi connectivity index (χ1n) is 9.39. The van der Waals surface area contributed by atoms with Crippen LogP contribution >= 0.6 is 0 Å². The van der Waals surface area contributed by atoms with Crippen molar-refractivity contribution in [3.63, 3.8) is 0 Å². The van der Waals surface area contributed by atoms with Crippen LogP contribution in [0.15, 0.2) is 47.1 Å². The van der Waals surface area contributed by atoms with Gasteiger partial charge in [0.25, 0.3) is 5.91 Å². The predicted molar refractivity (Wildman–Crippen MR) is 106 cm³/mol. The lowest BCUT2D eigenvalue weighted by Crippen LogP contribution is -2.25. The van der Waals surface area contributed by atoms with E-state index in [1.807, 2.05) is 28.9 Å². The quantitative estimate of drug-likeness (QED) is 0.672. The number of furan rings is 1. The molecule has 0 bridgehead atoms. The van der Waals surface area contributed by atoms with Gasteiger partial charge in [0.15, 0.2) is 0 Å². The summed E-state index contributed by atoms with van der Waals surface area (Å²) < 4.78 is 7.25. The maximum atomic E-state index is 13.1. The van der Waals surface area contributed by atoms with Gasteiger partial charge in [0.1, 0.15) is 5.76 Å². The highest BCUT2D eigenvalue weighted by Gasteiger charge is 2.27. The number of hydrogen-bond donors (Lipinski definition) is 1. The smallest absolute Gasteiger partial charge is 0.255 e. The Kier molecular flexibility index (Phi) is 5.49. The number of carbonyl (C=O) groups is 1. The highest BCUT2D eigenvalue weighted by molar-refractivity contribution is 5.97. The normalized spacial score (nSPS) is 11.4. The van der Waals surface area contributed by atoms with Gasteiger partial charge in [0.05, 0.1) is 35.4 Å². The fourth-order valence-electron chi connectivity index (χ4n) is 3.24. The number of benzene rings is 1. The van der Waals surface area contributed by atoms with E-state index >= 15 is 0 Å². The summed E-state index contributed by atoms with van der Waals surface area (Å²) in [6.45, 7) is 10.7. The van der Waals surface area contributed by atoms with Crippen LogP contribution in [0.5, 0.6) is 0 Å². The van der Waals surface area contributed by atoms with Crippen molar-refractivity contribution < 1.29 is 9.21 Å². The third-order valence-corrected chi connectivity index (χ3v) is 4.52. The Labute approximate surface area is 160 Å². The van der Waals surface area contributed by atoms with Crippen molar-refractivity contribution in [2.75, 3.05) is 0 Å². The first-order valence-corrected chi connectivity index (χ1v) is 9.39. The second-order valence-electron chi connectivity index (χ2n) is 7.47. The zero-order valence-electron chi connectivity index (χ0n) is 16.6. The minimum absolute atomic E-state index is 0.113. The van der Waals surface area contributed by atoms with Gasteiger partial charge < -0.3 is 9.73 Å². The lowest BCUT2D eigenvalue weighted by molar-refractivity contribution is 0.0945. The van der Waals surface area contributed by atoms with Crippen LogP contribution in [0.2, 0.25) is 0 Å². The van der Waals surface area contributed by atoms with E-state index in [4.69, 9.17) is 9.52 Å². The molecule has 0 fully saturated rings. The number of amides is 1. The molecule has 3 rings (SSSR count). The molecule has 1 aromatic carbocycles. The number of nitrogens with one attached hydrogen (secondary N) is 1. The van der Waals surface area contributed by atoms with Crippen molar-refractivity contribution in [1.29, 1.82) is 0 Å². The highest BCUT2D eigenvalue weighted by Crippen LogP contribution is 2.30. The van der Waals surface area contributed by atoms with Crippen molar-refractivity contribution in [3.8, 4) is 5.69 Å². The van der Waals surface area contributed by atoms with Gasteiger partial charge in [-0.1, -0.05) is 39.8 Å². The lowest BCUT2D eigenvalue weighted by atomic mass is 9.98. The van der Waals surface area contributed by atoms with E-state index in [1.54, 1.807) is 6.26 Å². The van der Waals surface area contributed by atoms with Gasteiger partial charge in [-0.2, -0.15) is 5.10 Å². The second kappa shape index (κ2) is 7.82. The number of aromatic nitrogens is 2. The largest absolute Gasteiger partial charge is 0.467 e. The van der Waals surface area contributed by atoms with Crippen molar-refractivity contribution >= 4 is 5.91 Å². The van der Waals surface area contributed by atoms with Crippen molar-refractivity contribution in [2.24, 2.45) is 0 Å². The first kappa shape index (κ1) is 19.0. The molecule has 0 spiro atoms. The first-order chi connectivity index (χ1) is 12.9. The lowest BCUT2D eigenvalue weighted by Gasteiger charge is -2.13. The molecule has 0 aliphatic carbocycles. The number of hydrogen-bond acceptors (Lipinski definition) is 3. The van der Waals surface area contributed by atoms with E-state index < -0.39 is 0 Å². The number of nitrogens with zero attached hydrogens (tertiary/aromatic N) is 2. The minimum atomic E-state index is -0.113. The summed E-state index contributed by atoms with van der Waals surface area (Å²) in [7, 11) is 0. The average molecular weight is 365 g/mol. The number of carbonyl (C=O) groups excluding carboxylic acids is 1. The molecule has 0 unspecified atom stereocenters. The van der Waals surface area contributed by atoms with Crippen molar-refractivity contribution in [3.05, 3.63) is 70.9 Å². The summed E-state index contributed by atoms with van der Waals surface area (Å²) in [6, 6.07) is 11.9. The maximum Gasteiger partial charge on any atom is 0.255 e. The van der Waals surface area contributed by atoms with Gasteiger partial charge in [0, 0.05) is 0 Å². The van der Waals surface area contributed by atoms with Gasteiger partial charge in [-0.25, -0.2) is 4.68 Å². The molecule has 2 heterocycles. The fourth-order valence-corrected chi connectivity index (χ4v) is 3.24. The Hall–Kier alpha value is -2.82. The monoisotopic (exact) mass is 365 g/mol. The molecule has 1 N–H and O–H groups in total. The van der Waals surface area contributed by atoms with E-state index in [-0.39, 0.29) is 17.7 Å². The zero-order valence-corrected chi connectivity index (χ0v) is 16.6. The van der Waals surface area contributed by atoms with Crippen LogP contribution in [0.4, 0.5) is 0 Å². The second-order valence-corrected chi connectivity index (χ2v) is 7.47. The summed E-state index contributed by atoms with van der Waals surface area (Å²) >= 11 is 0. The Bertz CT molecular complexity index is 921. The van der Waals surface area contributed by atoms with Crippen molar-refractivity contribution in [2.45, 2.75) is 53.0 Å². The Morgan fingerprint density at radius 2 is 1.93 bits per heavy atom. The molecule has 2 aromatic heterocycles. The molecule has 1 amide bonds. The van der Waals surface area contributed by atoms with Crippen molar-refractivity contribution in [1.82, 2.24) is 15.1 Å². The standard InChI is InChI=1S/C22H27N3O2/c1-14(2)20-19(22(26)23-13-18-10-7-11-27-18)21(15(3)4)25(24-20)17-9-6-8-16(5)12-17/h6-12,14-15H,13H2,1-5H3,(H,23,26). The van der Waals surface area contributed by atoms with Gasteiger partial charge in [0.2, 0.25) is 0 Å². The summed E-state index contributed by atoms with van der Waals surface area (Å²) in [5, 5.41) is 7.82. The summed E-state index contributed by atoms with van der Waals surface area (Å²) in [5.41, 5.74) is 4.56. The van der Waals surface area contributed by atoms with E-state index in [2.05, 4.69) is 52.1 Å². The fraction of sp³-hybridized carbons (Fsp3) is 0.364. The molecule has 142 valence electrons. The molecule has 3 aromatic rings. The third kappa shape index (κ3) is 3.97. The summed E-state index contributed by atoms with van der Waals surface area (Å²) in [5.74, 6) is 0.900. The molecule has 5 heteroatoms. The van der Waals surface area contributed by atoms with E-state index in [9.17, 15) is 4.79 Å². The SMILES string of the molecule is Cc1cccc(-n2nc(C(C)C)c(C(=O)NCc3ccco3)c2C(C)C)c1. The minimum Gasteiger partial charge on any atom is -0.467 e. The highest BCUT2D eigenvalue weighted by atomic mass is 16.3. The summed E-state index contributed by atoms with van der Waals surface area (Å²) in [6.07, 6.45) is 1.61. The van der Waals surface area contributed by atoms with E-state index in [0.717, 1.165) is 28.4 Å². The van der Waals surface area contributed by atoms with Gasteiger partial charge >= 0.3 is 0 Å². The van der Waals surface area contributed by atoms with Crippen LogP contribution in [0, 0.1) is 6.92 Å². The molecule has 0 atom stereocenters. The van der Waals surface area contributed by atoms with Gasteiger partial charge in [-0.05, 0) is 48.6 Å². The van der Waals surface area contributed by atoms with E-state index in [0.29, 0.717) is 12.1 Å². The molecular weight excluding hydrogens is 338 g/mol. The molecule has 0 aliphatic rings. The molecule has 0 saturated carbocycles. The topological polar surface area (TPSA) is 60.1 Å². The van der Waals surface area contributed by atoms with Crippen LogP contribution in [0.1, 0.15) is 72.6 Å².